The van der Waals surface area contributed by atoms with Crippen LogP contribution in [-0.2, 0) is 9.59 Å². The van der Waals surface area contributed by atoms with Gasteiger partial charge in [0, 0.05) is 11.1 Å². The standard InChI is InChI=1S/C22H21NO5/c1-14(20(22(25)26)28-17-12-10-16(27-2)11-13-17)21(24)23-19-9-5-7-15-6-3-4-8-18(15)19/h3-14,20H,1-2H3,(H,23,24)(H,25,26)/t14-,20?/m1/s1. The topological polar surface area (TPSA) is 84.9 Å². The van der Waals surface area contributed by atoms with Crippen molar-refractivity contribution in [1.82, 2.24) is 0 Å². The zero-order valence-electron chi connectivity index (χ0n) is 15.6. The van der Waals surface area contributed by atoms with Gasteiger partial charge in [-0.2, -0.15) is 0 Å². The summed E-state index contributed by atoms with van der Waals surface area (Å²) in [6, 6.07) is 19.7. The molecule has 144 valence electrons. The first-order valence-electron chi connectivity index (χ1n) is 8.81. The second-order valence-electron chi connectivity index (χ2n) is 6.36. The molecule has 0 bridgehead atoms. The molecule has 1 unspecified atom stereocenters. The molecule has 0 saturated carbocycles. The lowest BCUT2D eigenvalue weighted by atomic mass is 10.0. The number of carboxylic acids is 1. The van der Waals surface area contributed by atoms with Gasteiger partial charge in [0.2, 0.25) is 12.0 Å². The van der Waals surface area contributed by atoms with Gasteiger partial charge in [-0.1, -0.05) is 36.4 Å². The minimum Gasteiger partial charge on any atom is -0.497 e. The van der Waals surface area contributed by atoms with Gasteiger partial charge >= 0.3 is 5.97 Å². The maximum absolute atomic E-state index is 12.7. The third-order valence-electron chi connectivity index (χ3n) is 4.48. The van der Waals surface area contributed by atoms with Gasteiger partial charge in [0.05, 0.1) is 13.0 Å². The quantitative estimate of drug-likeness (QED) is 0.649. The highest BCUT2D eigenvalue weighted by Gasteiger charge is 2.32. The highest BCUT2D eigenvalue weighted by Crippen LogP contribution is 2.25. The second kappa shape index (κ2) is 8.43. The maximum Gasteiger partial charge on any atom is 0.345 e. The molecule has 0 saturated heterocycles. The van der Waals surface area contributed by atoms with Crippen molar-refractivity contribution in [3.05, 3.63) is 66.7 Å². The van der Waals surface area contributed by atoms with E-state index in [2.05, 4.69) is 5.32 Å². The minimum atomic E-state index is -1.33. The number of hydrogen-bond acceptors (Lipinski definition) is 4. The van der Waals surface area contributed by atoms with Crippen LogP contribution < -0.4 is 14.8 Å². The van der Waals surface area contributed by atoms with E-state index in [1.54, 1.807) is 30.3 Å². The van der Waals surface area contributed by atoms with Crippen molar-refractivity contribution < 1.29 is 24.2 Å². The Balaban J connectivity index is 1.77. The number of amides is 1. The monoisotopic (exact) mass is 379 g/mol. The summed E-state index contributed by atoms with van der Waals surface area (Å²) < 4.78 is 10.6. The average molecular weight is 379 g/mol. The predicted octanol–water partition coefficient (Wildman–Crippen LogP) is 3.96. The molecule has 0 fully saturated rings. The van der Waals surface area contributed by atoms with Gasteiger partial charge in [-0.15, -0.1) is 0 Å². The normalized spacial score (nSPS) is 12.8. The molecule has 2 N–H and O–H groups in total. The lowest BCUT2D eigenvalue weighted by molar-refractivity contribution is -0.150. The Hall–Kier alpha value is -3.54. The highest BCUT2D eigenvalue weighted by molar-refractivity contribution is 6.03. The molecule has 0 aliphatic rings. The lowest BCUT2D eigenvalue weighted by Crippen LogP contribution is -2.40. The van der Waals surface area contributed by atoms with Gasteiger partial charge in [0.25, 0.3) is 0 Å². The van der Waals surface area contributed by atoms with Crippen molar-refractivity contribution in [3.8, 4) is 11.5 Å². The molecule has 1 amide bonds. The largest absolute Gasteiger partial charge is 0.497 e. The lowest BCUT2D eigenvalue weighted by Gasteiger charge is -2.21. The van der Waals surface area contributed by atoms with Crippen LogP contribution in [0.4, 0.5) is 5.69 Å². The molecule has 0 aromatic heterocycles. The molecule has 3 rings (SSSR count). The van der Waals surface area contributed by atoms with Crippen molar-refractivity contribution in [3.63, 3.8) is 0 Å². The van der Waals surface area contributed by atoms with E-state index in [9.17, 15) is 14.7 Å². The summed E-state index contributed by atoms with van der Waals surface area (Å²) in [6.45, 7) is 1.53. The summed E-state index contributed by atoms with van der Waals surface area (Å²) in [5, 5.41) is 14.3. The third-order valence-corrected chi connectivity index (χ3v) is 4.48. The fraction of sp³-hybridized carbons (Fsp3) is 0.182. The number of nitrogens with one attached hydrogen (secondary N) is 1. The number of carbonyl (C=O) groups is 2. The smallest absolute Gasteiger partial charge is 0.345 e. The zero-order chi connectivity index (χ0) is 20.1. The van der Waals surface area contributed by atoms with Crippen molar-refractivity contribution in [2.24, 2.45) is 5.92 Å². The zero-order valence-corrected chi connectivity index (χ0v) is 15.6. The van der Waals surface area contributed by atoms with Crippen LogP contribution in [-0.4, -0.2) is 30.2 Å². The number of carbonyl (C=O) groups excluding carboxylic acids is 1. The first-order chi connectivity index (χ1) is 13.5. The van der Waals surface area contributed by atoms with E-state index in [-0.39, 0.29) is 0 Å². The van der Waals surface area contributed by atoms with Gasteiger partial charge in [-0.3, -0.25) is 4.79 Å². The molecule has 0 aliphatic heterocycles. The number of carboxylic acid groups (broad SMARTS) is 1. The Kier molecular flexibility index (Phi) is 5.79. The Morgan fingerprint density at radius 3 is 2.25 bits per heavy atom. The number of ether oxygens (including phenoxy) is 2. The summed E-state index contributed by atoms with van der Waals surface area (Å²) in [6.07, 6.45) is -1.33. The van der Waals surface area contributed by atoms with Crippen LogP contribution in [0.2, 0.25) is 0 Å². The van der Waals surface area contributed by atoms with Crippen molar-refractivity contribution in [2.75, 3.05) is 12.4 Å². The minimum absolute atomic E-state index is 0.345. The van der Waals surface area contributed by atoms with Crippen LogP contribution in [0, 0.1) is 5.92 Å². The fourth-order valence-electron chi connectivity index (χ4n) is 2.89. The highest BCUT2D eigenvalue weighted by atomic mass is 16.5. The van der Waals surface area contributed by atoms with Crippen LogP contribution in [0.25, 0.3) is 10.8 Å². The fourth-order valence-corrected chi connectivity index (χ4v) is 2.89. The second-order valence-corrected chi connectivity index (χ2v) is 6.36. The van der Waals surface area contributed by atoms with E-state index < -0.39 is 23.9 Å². The summed E-state index contributed by atoms with van der Waals surface area (Å²) in [5.41, 5.74) is 0.628. The van der Waals surface area contributed by atoms with Gasteiger partial charge in [0.1, 0.15) is 11.5 Å². The average Bonchev–Trinajstić information content (AvgIpc) is 2.72. The molecule has 0 aliphatic carbocycles. The Morgan fingerprint density at radius 1 is 0.929 bits per heavy atom. The SMILES string of the molecule is COc1ccc(OC(C(=O)O)[C@@H](C)C(=O)Nc2cccc3ccccc23)cc1. The first-order valence-corrected chi connectivity index (χ1v) is 8.81. The number of rotatable bonds is 7. The molecular formula is C22H21NO5. The molecule has 3 aromatic rings. The van der Waals surface area contributed by atoms with Crippen LogP contribution in [0.3, 0.4) is 0 Å². The van der Waals surface area contributed by atoms with E-state index >= 15 is 0 Å². The summed E-state index contributed by atoms with van der Waals surface area (Å²) in [4.78, 5) is 24.4. The first kappa shape index (κ1) is 19.2. The van der Waals surface area contributed by atoms with Gasteiger partial charge < -0.3 is 19.9 Å². The van der Waals surface area contributed by atoms with E-state index in [0.29, 0.717) is 17.2 Å². The van der Waals surface area contributed by atoms with E-state index in [1.807, 2.05) is 36.4 Å². The third kappa shape index (κ3) is 4.23. The molecule has 28 heavy (non-hydrogen) atoms. The summed E-state index contributed by atoms with van der Waals surface area (Å²) >= 11 is 0. The molecule has 2 atom stereocenters. The number of aliphatic carboxylic acids is 1. The maximum atomic E-state index is 12.7. The van der Waals surface area contributed by atoms with Crippen LogP contribution in [0.15, 0.2) is 66.7 Å². The summed E-state index contributed by atoms with van der Waals surface area (Å²) in [5.74, 6) is -1.59. The van der Waals surface area contributed by atoms with E-state index in [0.717, 1.165) is 10.8 Å². The molecule has 6 heteroatoms. The number of methoxy groups -OCH3 is 1. The molecule has 0 heterocycles. The molecular weight excluding hydrogens is 358 g/mol. The van der Waals surface area contributed by atoms with E-state index in [4.69, 9.17) is 9.47 Å². The van der Waals surface area contributed by atoms with Gasteiger partial charge in [-0.25, -0.2) is 4.79 Å². The molecule has 0 spiro atoms. The Bertz CT molecular complexity index is 978. The van der Waals surface area contributed by atoms with Crippen molar-refractivity contribution >= 4 is 28.3 Å². The van der Waals surface area contributed by atoms with Gasteiger partial charge in [-0.05, 0) is 42.6 Å². The molecule has 0 radical (unpaired) electrons. The Labute approximate surface area is 162 Å². The number of hydrogen-bond donors (Lipinski definition) is 2. The predicted molar refractivity (Wildman–Crippen MR) is 107 cm³/mol. The van der Waals surface area contributed by atoms with Crippen LogP contribution in [0.1, 0.15) is 6.92 Å². The Morgan fingerprint density at radius 2 is 1.57 bits per heavy atom. The number of fused-ring (bicyclic) bond motifs is 1. The van der Waals surface area contributed by atoms with Crippen LogP contribution in [0.5, 0.6) is 11.5 Å². The number of benzene rings is 3. The van der Waals surface area contributed by atoms with Crippen LogP contribution >= 0.6 is 0 Å². The summed E-state index contributed by atoms with van der Waals surface area (Å²) in [7, 11) is 1.54. The van der Waals surface area contributed by atoms with Crippen molar-refractivity contribution in [2.45, 2.75) is 13.0 Å². The number of anilines is 1. The molecule has 6 nitrogen and oxygen atoms in total. The molecule has 3 aromatic carbocycles. The van der Waals surface area contributed by atoms with Gasteiger partial charge in [0.15, 0.2) is 0 Å². The van der Waals surface area contributed by atoms with E-state index in [1.165, 1.54) is 14.0 Å². The van der Waals surface area contributed by atoms with Crippen molar-refractivity contribution in [1.29, 1.82) is 0 Å².